The van der Waals surface area contributed by atoms with Crippen LogP contribution in [0.3, 0.4) is 0 Å². The Labute approximate surface area is 224 Å². The maximum atomic E-state index is 15.4. The summed E-state index contributed by atoms with van der Waals surface area (Å²) in [6, 6.07) is 42.6. The van der Waals surface area contributed by atoms with Crippen molar-refractivity contribution < 1.29 is 4.57 Å². The van der Waals surface area contributed by atoms with Crippen molar-refractivity contribution in [3.05, 3.63) is 134 Å². The van der Waals surface area contributed by atoms with Crippen LogP contribution in [0, 0.1) is 0 Å². The summed E-state index contributed by atoms with van der Waals surface area (Å²) in [6.07, 6.45) is 1.78. The van der Waals surface area contributed by atoms with Gasteiger partial charge in [0.15, 0.2) is 7.14 Å². The van der Waals surface area contributed by atoms with Crippen LogP contribution in [0.5, 0.6) is 0 Å². The van der Waals surface area contributed by atoms with Crippen molar-refractivity contribution in [2.24, 2.45) is 0 Å². The Morgan fingerprint density at radius 1 is 0.538 bits per heavy atom. The molecule has 0 spiro atoms. The highest BCUT2D eigenvalue weighted by atomic mass is 31.2. The average Bonchev–Trinajstić information content (AvgIpc) is 3.41. The third kappa shape index (κ3) is 3.22. The van der Waals surface area contributed by atoms with Gasteiger partial charge in [-0.15, -0.1) is 0 Å². The summed E-state index contributed by atoms with van der Waals surface area (Å²) < 4.78 is 17.6. The number of hydrogen-bond donors (Lipinski definition) is 0. The highest BCUT2D eigenvalue weighted by Gasteiger charge is 2.31. The monoisotopic (exact) mass is 519 g/mol. The van der Waals surface area contributed by atoms with Crippen molar-refractivity contribution in [2.75, 3.05) is 0 Å². The molecule has 0 radical (unpaired) electrons. The molecule has 5 heteroatoms. The topological polar surface area (TPSA) is 47.3 Å². The average molecular weight is 520 g/mol. The summed E-state index contributed by atoms with van der Waals surface area (Å²) in [5.74, 6) is 0. The van der Waals surface area contributed by atoms with Crippen molar-refractivity contribution in [1.82, 2.24) is 14.4 Å². The van der Waals surface area contributed by atoms with Crippen LogP contribution < -0.4 is 15.9 Å². The first-order valence-corrected chi connectivity index (χ1v) is 14.7. The minimum atomic E-state index is -3.26. The first kappa shape index (κ1) is 22.2. The molecular formula is C34H22N3OP. The minimum absolute atomic E-state index is 0.720. The lowest BCUT2D eigenvalue weighted by Gasteiger charge is -2.21. The van der Waals surface area contributed by atoms with Crippen LogP contribution >= 0.6 is 7.14 Å². The van der Waals surface area contributed by atoms with Gasteiger partial charge in [0.05, 0.1) is 22.1 Å². The molecule has 8 rings (SSSR count). The number of imidazole rings is 1. The number of nitrogens with zero attached hydrogens (tertiary/aromatic N) is 3. The van der Waals surface area contributed by atoms with E-state index in [9.17, 15) is 0 Å². The first-order chi connectivity index (χ1) is 19.2. The lowest BCUT2D eigenvalue weighted by atomic mass is 10.1. The Morgan fingerprint density at radius 2 is 1.26 bits per heavy atom. The molecule has 0 saturated carbocycles. The second-order valence-corrected chi connectivity index (χ2v) is 12.6. The molecule has 0 fully saturated rings. The normalized spacial score (nSPS) is 13.4. The Balaban J connectivity index is 1.49. The van der Waals surface area contributed by atoms with E-state index in [1.807, 2.05) is 84.9 Å². The predicted molar refractivity (Wildman–Crippen MR) is 162 cm³/mol. The number of para-hydroxylation sites is 4. The summed E-state index contributed by atoms with van der Waals surface area (Å²) in [4.78, 5) is 9.76. The fraction of sp³-hybridized carbons (Fsp3) is 0. The zero-order valence-electron chi connectivity index (χ0n) is 20.9. The molecule has 3 aromatic heterocycles. The Kier molecular flexibility index (Phi) is 4.76. The largest absolute Gasteiger partial charge is 0.309 e. The highest BCUT2D eigenvalue weighted by Crippen LogP contribution is 2.44. The zero-order valence-corrected chi connectivity index (χ0v) is 21.8. The maximum Gasteiger partial charge on any atom is 0.172 e. The molecule has 1 atom stereocenters. The molecule has 4 nitrogen and oxygen atoms in total. The number of rotatable bonds is 3. The van der Waals surface area contributed by atoms with E-state index in [1.54, 1.807) is 6.20 Å². The lowest BCUT2D eigenvalue weighted by molar-refractivity contribution is 0.592. The van der Waals surface area contributed by atoms with Gasteiger partial charge in [-0.05, 0) is 41.8 Å². The van der Waals surface area contributed by atoms with Crippen LogP contribution in [0.15, 0.2) is 134 Å². The summed E-state index contributed by atoms with van der Waals surface area (Å²) in [5, 5.41) is 6.45. The van der Waals surface area contributed by atoms with Crippen molar-refractivity contribution in [2.45, 2.75) is 0 Å². The Hall–Kier alpha value is -4.79. The molecule has 1 unspecified atom stereocenters. The van der Waals surface area contributed by atoms with Crippen LogP contribution in [0.4, 0.5) is 0 Å². The van der Waals surface area contributed by atoms with Crippen LogP contribution in [-0.4, -0.2) is 14.4 Å². The predicted octanol–water partition coefficient (Wildman–Crippen LogP) is 6.98. The zero-order chi connectivity index (χ0) is 26.0. The number of aromatic nitrogens is 3. The third-order valence-electron chi connectivity index (χ3n) is 7.66. The van der Waals surface area contributed by atoms with Gasteiger partial charge in [-0.1, -0.05) is 91.0 Å². The van der Waals surface area contributed by atoms with Gasteiger partial charge in [-0.2, -0.15) is 0 Å². The standard InChI is InChI=1S/C34H22N3OP/c38-39(24-11-2-1-3-12-24,26-20-23-10-4-6-14-30(23)35-22-26)25-18-19-27-28-13-5-8-16-32(28)37-33-17-9-7-15-31(33)36-34(37)29(27)21-25/h1-22H. The molecular weight excluding hydrogens is 497 g/mol. The number of fused-ring (bicyclic) bond motifs is 9. The molecule has 39 heavy (non-hydrogen) atoms. The van der Waals surface area contributed by atoms with E-state index in [1.165, 1.54) is 0 Å². The van der Waals surface area contributed by atoms with Crippen LogP contribution in [0.2, 0.25) is 0 Å². The smallest absolute Gasteiger partial charge is 0.172 e. The van der Waals surface area contributed by atoms with Crippen molar-refractivity contribution >= 4 is 72.3 Å². The quantitative estimate of drug-likeness (QED) is 0.187. The van der Waals surface area contributed by atoms with Gasteiger partial charge in [0.2, 0.25) is 0 Å². The van der Waals surface area contributed by atoms with Crippen LogP contribution in [-0.2, 0) is 4.57 Å². The molecule has 0 aliphatic heterocycles. The maximum absolute atomic E-state index is 15.4. The van der Waals surface area contributed by atoms with Crippen molar-refractivity contribution in [1.29, 1.82) is 0 Å². The molecule has 0 amide bonds. The first-order valence-electron chi connectivity index (χ1n) is 13.0. The van der Waals surface area contributed by atoms with Gasteiger partial charge in [-0.3, -0.25) is 9.38 Å². The van der Waals surface area contributed by atoms with Gasteiger partial charge in [0.1, 0.15) is 5.65 Å². The summed E-state index contributed by atoms with van der Waals surface area (Å²) in [7, 11) is -3.26. The van der Waals surface area contributed by atoms with Crippen molar-refractivity contribution in [3.63, 3.8) is 0 Å². The molecule has 0 N–H and O–H groups in total. The van der Waals surface area contributed by atoms with Crippen LogP contribution in [0.25, 0.3) is 49.3 Å². The van der Waals surface area contributed by atoms with E-state index in [0.717, 1.165) is 65.2 Å². The fourth-order valence-electron chi connectivity index (χ4n) is 5.81. The molecule has 5 aromatic carbocycles. The van der Waals surface area contributed by atoms with Crippen molar-refractivity contribution in [3.8, 4) is 0 Å². The van der Waals surface area contributed by atoms with Gasteiger partial charge in [0, 0.05) is 38.3 Å². The Bertz CT molecular complexity index is 2270. The third-order valence-corrected chi connectivity index (χ3v) is 10.7. The second kappa shape index (κ2) is 8.36. The second-order valence-electron chi connectivity index (χ2n) is 9.84. The van der Waals surface area contributed by atoms with Gasteiger partial charge in [-0.25, -0.2) is 4.98 Å². The van der Waals surface area contributed by atoms with E-state index in [2.05, 4.69) is 46.9 Å². The van der Waals surface area contributed by atoms with E-state index < -0.39 is 7.14 Å². The van der Waals surface area contributed by atoms with E-state index in [4.69, 9.17) is 9.97 Å². The number of hydrogen-bond acceptors (Lipinski definition) is 3. The molecule has 184 valence electrons. The summed E-state index contributed by atoms with van der Waals surface area (Å²) >= 11 is 0. The van der Waals surface area contributed by atoms with E-state index in [-0.39, 0.29) is 0 Å². The molecule has 0 aliphatic carbocycles. The lowest BCUT2D eigenvalue weighted by Crippen LogP contribution is -2.25. The number of pyridine rings is 2. The molecule has 3 heterocycles. The molecule has 0 saturated heterocycles. The Morgan fingerprint density at radius 3 is 2.13 bits per heavy atom. The summed E-state index contributed by atoms with van der Waals surface area (Å²) in [6.45, 7) is 0. The van der Waals surface area contributed by atoms with Gasteiger partial charge in [0.25, 0.3) is 0 Å². The summed E-state index contributed by atoms with van der Waals surface area (Å²) in [5.41, 5.74) is 4.84. The molecule has 0 bridgehead atoms. The van der Waals surface area contributed by atoms with E-state index >= 15 is 4.57 Å². The van der Waals surface area contributed by atoms with Crippen LogP contribution in [0.1, 0.15) is 0 Å². The SMILES string of the molecule is O=P(c1ccccc1)(c1cnc2ccccc2c1)c1ccc2c3ccccc3n3c4ccccc4nc3c2c1. The van der Waals surface area contributed by atoms with Gasteiger partial charge >= 0.3 is 0 Å². The van der Waals surface area contributed by atoms with E-state index in [0.29, 0.717) is 0 Å². The van der Waals surface area contributed by atoms with Gasteiger partial charge < -0.3 is 4.57 Å². The fourth-order valence-corrected chi connectivity index (χ4v) is 8.43. The number of benzene rings is 5. The molecule has 8 aromatic rings. The highest BCUT2D eigenvalue weighted by molar-refractivity contribution is 7.85. The molecule has 0 aliphatic rings. The minimum Gasteiger partial charge on any atom is -0.309 e.